The molecule has 3 nitrogen and oxygen atoms in total. The van der Waals surface area contributed by atoms with Crippen LogP contribution in [0.15, 0.2) is 16.7 Å². The van der Waals surface area contributed by atoms with E-state index >= 15 is 0 Å². The Morgan fingerprint density at radius 1 is 1.57 bits per heavy atom. The van der Waals surface area contributed by atoms with Crippen molar-refractivity contribution < 1.29 is 8.78 Å². The molecule has 0 saturated heterocycles. The zero-order chi connectivity index (χ0) is 15.3. The summed E-state index contributed by atoms with van der Waals surface area (Å²) in [5, 5.41) is 13.3. The van der Waals surface area contributed by atoms with Gasteiger partial charge in [0.25, 0.3) is 0 Å². The largest absolute Gasteiger partial charge is 0.267 e. The van der Waals surface area contributed by atoms with Crippen LogP contribution in [0.5, 0.6) is 0 Å². The topological polar surface area (TPSA) is 41.6 Å². The first kappa shape index (κ1) is 14.5. The van der Waals surface area contributed by atoms with Gasteiger partial charge in [0.15, 0.2) is 5.82 Å². The molecule has 0 bridgehead atoms. The SMILES string of the molecule is Cn1ncc(Br)c1-c1c(F)c(Cl)cc(C2CC2F)c1C#N. The Kier molecular flexibility index (Phi) is 3.50. The van der Waals surface area contributed by atoms with Crippen molar-refractivity contribution in [1.82, 2.24) is 9.78 Å². The monoisotopic (exact) mass is 371 g/mol. The highest BCUT2D eigenvalue weighted by Gasteiger charge is 2.41. The van der Waals surface area contributed by atoms with Crippen LogP contribution in [0.25, 0.3) is 11.3 Å². The van der Waals surface area contributed by atoms with Gasteiger partial charge in [-0.3, -0.25) is 4.68 Å². The second-order valence-electron chi connectivity index (χ2n) is 4.95. The van der Waals surface area contributed by atoms with Crippen LogP contribution in [-0.2, 0) is 7.05 Å². The van der Waals surface area contributed by atoms with Crippen LogP contribution < -0.4 is 0 Å². The molecule has 3 rings (SSSR count). The summed E-state index contributed by atoms with van der Waals surface area (Å²) in [6.07, 6.45) is 0.843. The first-order valence-electron chi connectivity index (χ1n) is 6.19. The number of rotatable bonds is 2. The summed E-state index contributed by atoms with van der Waals surface area (Å²) in [4.78, 5) is 0. The molecule has 2 aromatic rings. The highest BCUT2D eigenvalue weighted by atomic mass is 79.9. The highest BCUT2D eigenvalue weighted by Crippen LogP contribution is 2.48. The van der Waals surface area contributed by atoms with Crippen molar-refractivity contribution >= 4 is 27.5 Å². The number of alkyl halides is 1. The van der Waals surface area contributed by atoms with Gasteiger partial charge in [-0.1, -0.05) is 11.6 Å². The molecule has 0 amide bonds. The van der Waals surface area contributed by atoms with Gasteiger partial charge < -0.3 is 0 Å². The first-order chi connectivity index (χ1) is 9.95. The van der Waals surface area contributed by atoms with E-state index in [0.29, 0.717) is 22.2 Å². The molecule has 1 heterocycles. The van der Waals surface area contributed by atoms with Gasteiger partial charge in [0.2, 0.25) is 0 Å². The molecule has 0 aliphatic heterocycles. The Bertz CT molecular complexity index is 762. The summed E-state index contributed by atoms with van der Waals surface area (Å²) in [7, 11) is 1.64. The van der Waals surface area contributed by atoms with Gasteiger partial charge in [0, 0.05) is 13.0 Å². The number of nitrogens with zero attached hydrogens (tertiary/aromatic N) is 3. The summed E-state index contributed by atoms with van der Waals surface area (Å²) < 4.78 is 29.9. The van der Waals surface area contributed by atoms with E-state index in [4.69, 9.17) is 11.6 Å². The lowest BCUT2D eigenvalue weighted by atomic mass is 9.96. The third-order valence-electron chi connectivity index (χ3n) is 3.60. The van der Waals surface area contributed by atoms with Gasteiger partial charge in [-0.25, -0.2) is 8.78 Å². The molecule has 1 saturated carbocycles. The fourth-order valence-corrected chi connectivity index (χ4v) is 3.22. The third-order valence-corrected chi connectivity index (χ3v) is 4.46. The van der Waals surface area contributed by atoms with E-state index in [2.05, 4.69) is 21.0 Å². The zero-order valence-corrected chi connectivity index (χ0v) is 13.2. The molecule has 21 heavy (non-hydrogen) atoms. The second kappa shape index (κ2) is 5.08. The van der Waals surface area contributed by atoms with E-state index in [1.165, 1.54) is 16.9 Å². The normalized spacial score (nSPS) is 20.4. The lowest BCUT2D eigenvalue weighted by Crippen LogP contribution is -2.03. The van der Waals surface area contributed by atoms with Crippen molar-refractivity contribution in [3.8, 4) is 17.3 Å². The molecule has 108 valence electrons. The molecule has 2 unspecified atom stereocenters. The quantitative estimate of drug-likeness (QED) is 0.787. The number of hydrogen-bond donors (Lipinski definition) is 0. The van der Waals surface area contributed by atoms with Crippen molar-refractivity contribution in [1.29, 1.82) is 5.26 Å². The van der Waals surface area contributed by atoms with Gasteiger partial charge in [-0.05, 0) is 34.0 Å². The Hall–Kier alpha value is -1.45. The van der Waals surface area contributed by atoms with Gasteiger partial charge in [-0.15, -0.1) is 0 Å². The predicted molar refractivity (Wildman–Crippen MR) is 78.3 cm³/mol. The number of aromatic nitrogens is 2. The average molecular weight is 373 g/mol. The Balaban J connectivity index is 2.34. The van der Waals surface area contributed by atoms with Crippen LogP contribution in [0.4, 0.5) is 8.78 Å². The van der Waals surface area contributed by atoms with Crippen LogP contribution in [0.2, 0.25) is 5.02 Å². The molecule has 0 radical (unpaired) electrons. The minimum absolute atomic E-state index is 0.0611. The van der Waals surface area contributed by atoms with E-state index < -0.39 is 12.0 Å². The fourth-order valence-electron chi connectivity index (χ4n) is 2.46. The third kappa shape index (κ3) is 2.25. The first-order valence-corrected chi connectivity index (χ1v) is 7.36. The summed E-state index contributed by atoms with van der Waals surface area (Å²) in [5.74, 6) is -1.08. The van der Waals surface area contributed by atoms with E-state index in [1.54, 1.807) is 7.05 Å². The summed E-state index contributed by atoms with van der Waals surface area (Å²) in [6, 6.07) is 3.34. The lowest BCUT2D eigenvalue weighted by Gasteiger charge is -2.13. The van der Waals surface area contributed by atoms with Crippen LogP contribution >= 0.6 is 27.5 Å². The standard InChI is InChI=1S/C14H9BrClF2N3/c1-21-14(9(15)5-20-21)12-8(4-19)6(7-3-11(7)17)2-10(16)13(12)18/h2,5,7,11H,3H2,1H3. The maximum absolute atomic E-state index is 14.5. The van der Waals surface area contributed by atoms with Crippen molar-refractivity contribution in [2.75, 3.05) is 0 Å². The minimum atomic E-state index is -0.999. The number of nitriles is 1. The number of halogens is 4. The van der Waals surface area contributed by atoms with Crippen LogP contribution in [-0.4, -0.2) is 16.0 Å². The Labute approximate surface area is 133 Å². The van der Waals surface area contributed by atoms with Gasteiger partial charge in [0.1, 0.15) is 12.2 Å². The highest BCUT2D eigenvalue weighted by molar-refractivity contribution is 9.10. The molecule has 1 fully saturated rings. The molecular weight excluding hydrogens is 364 g/mol. The molecule has 1 aliphatic carbocycles. The lowest BCUT2D eigenvalue weighted by molar-refractivity contribution is 0.468. The Morgan fingerprint density at radius 3 is 2.71 bits per heavy atom. The molecule has 1 aromatic carbocycles. The number of hydrogen-bond acceptors (Lipinski definition) is 2. The summed E-state index contributed by atoms with van der Waals surface area (Å²) in [6.45, 7) is 0. The smallest absolute Gasteiger partial charge is 0.152 e. The van der Waals surface area contributed by atoms with E-state index in [0.717, 1.165) is 0 Å². The van der Waals surface area contributed by atoms with Crippen LogP contribution in [0.1, 0.15) is 23.5 Å². The summed E-state index contributed by atoms with van der Waals surface area (Å²) >= 11 is 9.23. The van der Waals surface area contributed by atoms with Crippen molar-refractivity contribution in [3.63, 3.8) is 0 Å². The molecule has 0 N–H and O–H groups in total. The molecule has 1 aliphatic rings. The minimum Gasteiger partial charge on any atom is -0.267 e. The predicted octanol–water partition coefficient (Wildman–Crippen LogP) is 4.34. The number of aryl methyl sites for hydroxylation is 1. The molecule has 7 heteroatoms. The van der Waals surface area contributed by atoms with Gasteiger partial charge in [0.05, 0.1) is 32.5 Å². The van der Waals surface area contributed by atoms with Crippen LogP contribution in [0.3, 0.4) is 0 Å². The van der Waals surface area contributed by atoms with E-state index in [-0.39, 0.29) is 22.1 Å². The van der Waals surface area contributed by atoms with Crippen LogP contribution in [0, 0.1) is 17.1 Å². The molecular formula is C14H9BrClF2N3. The second-order valence-corrected chi connectivity index (χ2v) is 6.21. The van der Waals surface area contributed by atoms with E-state index in [9.17, 15) is 14.0 Å². The number of benzene rings is 1. The van der Waals surface area contributed by atoms with E-state index in [1.807, 2.05) is 6.07 Å². The fraction of sp³-hybridized carbons (Fsp3) is 0.286. The molecule has 2 atom stereocenters. The van der Waals surface area contributed by atoms with Gasteiger partial charge >= 0.3 is 0 Å². The maximum Gasteiger partial charge on any atom is 0.152 e. The van der Waals surface area contributed by atoms with Gasteiger partial charge in [-0.2, -0.15) is 10.4 Å². The molecule has 0 spiro atoms. The average Bonchev–Trinajstić information content (AvgIpc) is 3.08. The Morgan fingerprint density at radius 2 is 2.24 bits per heavy atom. The molecule has 1 aromatic heterocycles. The maximum atomic E-state index is 14.5. The summed E-state index contributed by atoms with van der Waals surface area (Å²) in [5.41, 5.74) is 1.04. The van der Waals surface area contributed by atoms with Crippen molar-refractivity contribution in [2.45, 2.75) is 18.5 Å². The van der Waals surface area contributed by atoms with Crippen molar-refractivity contribution in [2.24, 2.45) is 7.05 Å². The van der Waals surface area contributed by atoms with Crippen molar-refractivity contribution in [3.05, 3.63) is 38.7 Å². The zero-order valence-electron chi connectivity index (χ0n) is 10.9.